The summed E-state index contributed by atoms with van der Waals surface area (Å²) in [4.78, 5) is 10.7. The van der Waals surface area contributed by atoms with E-state index in [-0.39, 0.29) is 5.38 Å². The average Bonchev–Trinajstić information content (AvgIpc) is 2.52. The molecule has 0 spiro atoms. The van der Waals surface area contributed by atoms with Crippen LogP contribution in [-0.2, 0) is 0 Å². The molecule has 0 radical (unpaired) electrons. The van der Waals surface area contributed by atoms with Crippen LogP contribution < -0.4 is 4.90 Å². The van der Waals surface area contributed by atoms with E-state index in [2.05, 4.69) is 14.9 Å². The quantitative estimate of drug-likeness (QED) is 0.641. The van der Waals surface area contributed by atoms with Gasteiger partial charge < -0.3 is 4.90 Å². The fourth-order valence-corrected chi connectivity index (χ4v) is 1.75. The maximum Gasteiger partial charge on any atom is 0.225 e. The van der Waals surface area contributed by atoms with Gasteiger partial charge in [0, 0.05) is 25.0 Å². The third-order valence-corrected chi connectivity index (χ3v) is 2.55. The highest BCUT2D eigenvalue weighted by molar-refractivity contribution is 6.21. The molecule has 0 amide bonds. The summed E-state index contributed by atoms with van der Waals surface area (Å²) >= 11 is 6.00. The lowest BCUT2D eigenvalue weighted by Crippen LogP contribution is -2.22. The SMILES string of the molecule is Cc1ccnc(N2CCC(Cl)C2)n1. The maximum absolute atomic E-state index is 6.00. The van der Waals surface area contributed by atoms with Crippen LogP contribution in [0.25, 0.3) is 0 Å². The fraction of sp³-hybridized carbons (Fsp3) is 0.556. The summed E-state index contributed by atoms with van der Waals surface area (Å²) in [5.41, 5.74) is 1.00. The lowest BCUT2D eigenvalue weighted by Gasteiger charge is -2.14. The first kappa shape index (κ1) is 8.75. The van der Waals surface area contributed by atoms with E-state index in [1.54, 1.807) is 6.20 Å². The Morgan fingerprint density at radius 1 is 1.62 bits per heavy atom. The highest BCUT2D eigenvalue weighted by Gasteiger charge is 2.22. The van der Waals surface area contributed by atoms with Crippen LogP contribution in [0, 0.1) is 6.92 Å². The van der Waals surface area contributed by atoms with Crippen molar-refractivity contribution in [1.29, 1.82) is 0 Å². The lowest BCUT2D eigenvalue weighted by atomic mass is 10.4. The van der Waals surface area contributed by atoms with E-state index in [0.29, 0.717) is 0 Å². The van der Waals surface area contributed by atoms with Crippen molar-refractivity contribution < 1.29 is 0 Å². The normalized spacial score (nSPS) is 22.3. The van der Waals surface area contributed by atoms with Crippen LogP contribution in [0.4, 0.5) is 5.95 Å². The highest BCUT2D eigenvalue weighted by Crippen LogP contribution is 2.19. The first-order chi connectivity index (χ1) is 6.25. The summed E-state index contributed by atoms with van der Waals surface area (Å²) in [6.07, 6.45) is 2.82. The Balaban J connectivity index is 2.16. The zero-order valence-corrected chi connectivity index (χ0v) is 8.33. The van der Waals surface area contributed by atoms with Crippen LogP contribution in [0.1, 0.15) is 12.1 Å². The molecule has 0 N–H and O–H groups in total. The molecule has 1 aliphatic heterocycles. The van der Waals surface area contributed by atoms with Crippen LogP contribution in [0.3, 0.4) is 0 Å². The standard InChI is InChI=1S/C9H12ClN3/c1-7-2-4-11-9(12-7)13-5-3-8(10)6-13/h2,4,8H,3,5-6H2,1H3. The van der Waals surface area contributed by atoms with Crippen molar-refractivity contribution >= 4 is 17.5 Å². The Bertz CT molecular complexity index is 303. The van der Waals surface area contributed by atoms with Crippen LogP contribution >= 0.6 is 11.6 Å². The van der Waals surface area contributed by atoms with Crippen LogP contribution in [0.15, 0.2) is 12.3 Å². The van der Waals surface area contributed by atoms with E-state index in [0.717, 1.165) is 31.2 Å². The van der Waals surface area contributed by atoms with Crippen molar-refractivity contribution in [2.24, 2.45) is 0 Å². The number of hydrogen-bond acceptors (Lipinski definition) is 3. The van der Waals surface area contributed by atoms with E-state index in [4.69, 9.17) is 11.6 Å². The number of rotatable bonds is 1. The molecule has 4 heteroatoms. The Morgan fingerprint density at radius 3 is 3.08 bits per heavy atom. The van der Waals surface area contributed by atoms with Crippen molar-refractivity contribution in [2.75, 3.05) is 18.0 Å². The minimum absolute atomic E-state index is 0.254. The van der Waals surface area contributed by atoms with Gasteiger partial charge in [0.2, 0.25) is 5.95 Å². The van der Waals surface area contributed by atoms with Gasteiger partial charge in [0.05, 0.1) is 5.38 Å². The van der Waals surface area contributed by atoms with Gasteiger partial charge in [-0.3, -0.25) is 0 Å². The monoisotopic (exact) mass is 197 g/mol. The Labute approximate surface area is 82.8 Å². The third-order valence-electron chi connectivity index (χ3n) is 2.20. The molecule has 0 bridgehead atoms. The molecule has 2 heterocycles. The predicted molar refractivity (Wildman–Crippen MR) is 53.2 cm³/mol. The van der Waals surface area contributed by atoms with Crippen molar-refractivity contribution in [3.63, 3.8) is 0 Å². The maximum atomic E-state index is 6.00. The molecule has 1 saturated heterocycles. The molecule has 13 heavy (non-hydrogen) atoms. The highest BCUT2D eigenvalue weighted by atomic mass is 35.5. The van der Waals surface area contributed by atoms with Gasteiger partial charge in [-0.15, -0.1) is 11.6 Å². The smallest absolute Gasteiger partial charge is 0.225 e. The summed E-state index contributed by atoms with van der Waals surface area (Å²) in [6.45, 7) is 3.81. The van der Waals surface area contributed by atoms with E-state index in [1.807, 2.05) is 13.0 Å². The minimum atomic E-state index is 0.254. The number of hydrogen-bond donors (Lipinski definition) is 0. The third kappa shape index (κ3) is 1.91. The molecule has 2 rings (SSSR count). The van der Waals surface area contributed by atoms with E-state index >= 15 is 0 Å². The minimum Gasteiger partial charge on any atom is -0.339 e. The first-order valence-corrected chi connectivity index (χ1v) is 4.88. The number of alkyl halides is 1. The number of aryl methyl sites for hydroxylation is 1. The number of halogens is 1. The topological polar surface area (TPSA) is 29.0 Å². The van der Waals surface area contributed by atoms with Gasteiger partial charge in [-0.1, -0.05) is 0 Å². The molecule has 1 aliphatic rings. The number of aromatic nitrogens is 2. The van der Waals surface area contributed by atoms with E-state index < -0.39 is 0 Å². The van der Waals surface area contributed by atoms with Crippen molar-refractivity contribution in [3.05, 3.63) is 18.0 Å². The second-order valence-corrected chi connectivity index (χ2v) is 3.95. The molecule has 1 aromatic rings. The number of nitrogens with zero attached hydrogens (tertiary/aromatic N) is 3. The second kappa shape index (κ2) is 3.50. The van der Waals surface area contributed by atoms with Gasteiger partial charge in [0.15, 0.2) is 0 Å². The summed E-state index contributed by atoms with van der Waals surface area (Å²) in [5.74, 6) is 0.808. The summed E-state index contributed by atoms with van der Waals surface area (Å²) < 4.78 is 0. The lowest BCUT2D eigenvalue weighted by molar-refractivity contribution is 0.889. The molecular weight excluding hydrogens is 186 g/mol. The van der Waals surface area contributed by atoms with Crippen molar-refractivity contribution in [3.8, 4) is 0 Å². The molecule has 3 nitrogen and oxygen atoms in total. The molecule has 1 atom stereocenters. The van der Waals surface area contributed by atoms with Crippen LogP contribution in [-0.4, -0.2) is 28.4 Å². The van der Waals surface area contributed by atoms with E-state index in [1.165, 1.54) is 0 Å². The van der Waals surface area contributed by atoms with Crippen LogP contribution in [0.5, 0.6) is 0 Å². The second-order valence-electron chi connectivity index (χ2n) is 3.33. The molecular formula is C9H12ClN3. The molecule has 1 aromatic heterocycles. The zero-order valence-electron chi connectivity index (χ0n) is 7.57. The van der Waals surface area contributed by atoms with Crippen LogP contribution in [0.2, 0.25) is 0 Å². The van der Waals surface area contributed by atoms with Gasteiger partial charge in [-0.2, -0.15) is 0 Å². The molecule has 0 aliphatic carbocycles. The first-order valence-electron chi connectivity index (χ1n) is 4.44. The average molecular weight is 198 g/mol. The molecule has 1 fully saturated rings. The fourth-order valence-electron chi connectivity index (χ4n) is 1.49. The Hall–Kier alpha value is -0.830. The largest absolute Gasteiger partial charge is 0.339 e. The van der Waals surface area contributed by atoms with Gasteiger partial charge in [0.1, 0.15) is 0 Å². The summed E-state index contributed by atoms with van der Waals surface area (Å²) in [5, 5.41) is 0.254. The molecule has 0 aromatic carbocycles. The Morgan fingerprint density at radius 2 is 2.46 bits per heavy atom. The van der Waals surface area contributed by atoms with E-state index in [9.17, 15) is 0 Å². The Kier molecular flexibility index (Phi) is 2.36. The summed E-state index contributed by atoms with van der Waals surface area (Å²) in [7, 11) is 0. The predicted octanol–water partition coefficient (Wildman–Crippen LogP) is 1.60. The van der Waals surface area contributed by atoms with Gasteiger partial charge in [-0.25, -0.2) is 9.97 Å². The molecule has 1 unspecified atom stereocenters. The van der Waals surface area contributed by atoms with Crippen molar-refractivity contribution in [1.82, 2.24) is 9.97 Å². The van der Waals surface area contributed by atoms with Crippen molar-refractivity contribution in [2.45, 2.75) is 18.7 Å². The van der Waals surface area contributed by atoms with Gasteiger partial charge >= 0.3 is 0 Å². The van der Waals surface area contributed by atoms with Gasteiger partial charge in [0.25, 0.3) is 0 Å². The molecule has 70 valence electrons. The summed E-state index contributed by atoms with van der Waals surface area (Å²) in [6, 6.07) is 1.90. The zero-order chi connectivity index (χ0) is 9.26. The number of anilines is 1. The molecule has 0 saturated carbocycles. The van der Waals surface area contributed by atoms with Gasteiger partial charge in [-0.05, 0) is 19.4 Å².